The number of nitrogens with zero attached hydrogens (tertiary/aromatic N) is 1. The van der Waals surface area contributed by atoms with Gasteiger partial charge in [0.2, 0.25) is 0 Å². The van der Waals surface area contributed by atoms with Crippen molar-refractivity contribution in [3.63, 3.8) is 0 Å². The number of nitrogens with one attached hydrogen (secondary N) is 1. The fourth-order valence-corrected chi connectivity index (χ4v) is 4.73. The van der Waals surface area contributed by atoms with E-state index in [4.69, 9.17) is 18.3 Å². The van der Waals surface area contributed by atoms with Crippen LogP contribution in [0.2, 0.25) is 0 Å². The highest BCUT2D eigenvalue weighted by atomic mass is 16.5. The van der Waals surface area contributed by atoms with Crippen molar-refractivity contribution in [3.8, 4) is 11.5 Å². The molecule has 1 aliphatic carbocycles. The number of ether oxygens (including phenoxy) is 2. The van der Waals surface area contributed by atoms with E-state index >= 15 is 0 Å². The molecule has 0 spiro atoms. The predicted octanol–water partition coefficient (Wildman–Crippen LogP) is 5.07. The zero-order valence-electron chi connectivity index (χ0n) is 21.1. The van der Waals surface area contributed by atoms with Crippen LogP contribution >= 0.6 is 0 Å². The number of amides is 2. The minimum Gasteiger partial charge on any atom is -0.493 e. The van der Waals surface area contributed by atoms with Crippen molar-refractivity contribution in [3.05, 3.63) is 71.6 Å². The zero-order valence-corrected chi connectivity index (χ0v) is 21.1. The molecule has 36 heavy (non-hydrogen) atoms. The van der Waals surface area contributed by atoms with Gasteiger partial charge in [-0.15, -0.1) is 0 Å². The lowest BCUT2D eigenvalue weighted by Gasteiger charge is -2.31. The molecule has 1 aromatic carbocycles. The Balaban J connectivity index is 1.64. The van der Waals surface area contributed by atoms with Gasteiger partial charge in [-0.05, 0) is 68.1 Å². The Morgan fingerprint density at radius 1 is 1.06 bits per heavy atom. The monoisotopic (exact) mass is 494 g/mol. The Morgan fingerprint density at radius 2 is 1.83 bits per heavy atom. The number of hydrogen-bond acceptors (Lipinski definition) is 6. The number of benzene rings is 1. The van der Waals surface area contributed by atoms with Crippen LogP contribution in [0, 0.1) is 6.92 Å². The Kier molecular flexibility index (Phi) is 8.36. The van der Waals surface area contributed by atoms with Crippen LogP contribution in [0.25, 0.3) is 0 Å². The summed E-state index contributed by atoms with van der Waals surface area (Å²) in [6.45, 7) is 2.08. The summed E-state index contributed by atoms with van der Waals surface area (Å²) >= 11 is 0. The summed E-state index contributed by atoms with van der Waals surface area (Å²) in [5, 5.41) is 3.18. The minimum atomic E-state index is -0.932. The number of rotatable bonds is 10. The lowest BCUT2D eigenvalue weighted by molar-refractivity contribution is -0.127. The molecule has 2 amide bonds. The largest absolute Gasteiger partial charge is 0.493 e. The quantitative estimate of drug-likeness (QED) is 0.423. The van der Waals surface area contributed by atoms with Crippen molar-refractivity contribution in [2.24, 2.45) is 0 Å². The van der Waals surface area contributed by atoms with Crippen molar-refractivity contribution in [2.45, 2.75) is 57.5 Å². The first-order valence-electron chi connectivity index (χ1n) is 12.4. The Morgan fingerprint density at radius 3 is 2.47 bits per heavy atom. The van der Waals surface area contributed by atoms with E-state index in [1.807, 2.05) is 25.1 Å². The third-order valence-corrected chi connectivity index (χ3v) is 6.62. The van der Waals surface area contributed by atoms with Crippen LogP contribution in [0.15, 0.2) is 57.6 Å². The lowest BCUT2D eigenvalue weighted by Crippen LogP contribution is -2.47. The van der Waals surface area contributed by atoms with Gasteiger partial charge in [0.15, 0.2) is 23.3 Å². The van der Waals surface area contributed by atoms with Crippen molar-refractivity contribution < 1.29 is 27.9 Å². The molecular formula is C28H34N2O6. The van der Waals surface area contributed by atoms with Gasteiger partial charge in [0, 0.05) is 12.6 Å². The standard InChI is InChI=1S/C28H34N2O6/c1-19-11-13-23(36-19)26(27(31)29-21-8-5-4-6-9-21)30(28(32)24-10-7-17-35-24)16-15-20-12-14-22(33-2)25(18-20)34-3/h7,10-14,17-18,21,26H,4-6,8-9,15-16H2,1-3H3,(H,29,31)/t26-/m0/s1. The smallest absolute Gasteiger partial charge is 0.290 e. The molecule has 1 aliphatic rings. The molecule has 192 valence electrons. The van der Waals surface area contributed by atoms with E-state index in [0.29, 0.717) is 29.4 Å². The van der Waals surface area contributed by atoms with Gasteiger partial charge in [0.25, 0.3) is 11.8 Å². The van der Waals surface area contributed by atoms with Gasteiger partial charge in [-0.1, -0.05) is 25.3 Å². The summed E-state index contributed by atoms with van der Waals surface area (Å²) in [6, 6.07) is 11.6. The maximum Gasteiger partial charge on any atom is 0.290 e. The van der Waals surface area contributed by atoms with Gasteiger partial charge in [-0.25, -0.2) is 0 Å². The summed E-state index contributed by atoms with van der Waals surface area (Å²) in [5.74, 6) is 1.87. The molecule has 0 radical (unpaired) electrons. The molecule has 2 aromatic heterocycles. The normalized spacial score (nSPS) is 14.8. The van der Waals surface area contributed by atoms with E-state index in [2.05, 4.69) is 5.32 Å². The highest BCUT2D eigenvalue weighted by molar-refractivity contribution is 5.95. The zero-order chi connectivity index (χ0) is 25.5. The molecule has 1 fully saturated rings. The summed E-state index contributed by atoms with van der Waals surface area (Å²) in [6.07, 6.45) is 7.17. The highest BCUT2D eigenvalue weighted by Gasteiger charge is 2.36. The third-order valence-electron chi connectivity index (χ3n) is 6.62. The Bertz CT molecular complexity index is 1150. The van der Waals surface area contributed by atoms with E-state index in [0.717, 1.165) is 31.2 Å². The van der Waals surface area contributed by atoms with Gasteiger partial charge in [-0.3, -0.25) is 9.59 Å². The van der Waals surface area contributed by atoms with Gasteiger partial charge in [0.05, 0.1) is 20.5 Å². The van der Waals surface area contributed by atoms with E-state index < -0.39 is 6.04 Å². The van der Waals surface area contributed by atoms with E-state index in [-0.39, 0.29) is 30.2 Å². The molecule has 1 saturated carbocycles. The molecule has 3 aromatic rings. The fraction of sp³-hybridized carbons (Fsp3) is 0.429. The lowest BCUT2D eigenvalue weighted by atomic mass is 9.95. The molecular weight excluding hydrogens is 460 g/mol. The van der Waals surface area contributed by atoms with Crippen molar-refractivity contribution in [1.29, 1.82) is 0 Å². The highest BCUT2D eigenvalue weighted by Crippen LogP contribution is 2.30. The van der Waals surface area contributed by atoms with E-state index in [1.54, 1.807) is 38.5 Å². The van der Waals surface area contributed by atoms with Crippen LogP contribution in [0.5, 0.6) is 11.5 Å². The average molecular weight is 495 g/mol. The van der Waals surface area contributed by atoms with Crippen LogP contribution in [-0.2, 0) is 11.2 Å². The first kappa shape index (κ1) is 25.4. The molecule has 0 unspecified atom stereocenters. The fourth-order valence-electron chi connectivity index (χ4n) is 4.73. The Hall–Kier alpha value is -3.68. The Labute approximate surface area is 211 Å². The number of aryl methyl sites for hydroxylation is 1. The first-order valence-corrected chi connectivity index (χ1v) is 12.4. The molecule has 0 saturated heterocycles. The maximum absolute atomic E-state index is 13.7. The van der Waals surface area contributed by atoms with Crippen molar-refractivity contribution in [2.75, 3.05) is 20.8 Å². The molecule has 0 bridgehead atoms. The second kappa shape index (κ2) is 11.8. The summed E-state index contributed by atoms with van der Waals surface area (Å²) in [5.41, 5.74) is 0.937. The van der Waals surface area contributed by atoms with Crippen LogP contribution < -0.4 is 14.8 Å². The number of carbonyl (C=O) groups excluding carboxylic acids is 2. The number of carbonyl (C=O) groups is 2. The van der Waals surface area contributed by atoms with E-state index in [9.17, 15) is 9.59 Å². The van der Waals surface area contributed by atoms with Crippen LogP contribution in [0.3, 0.4) is 0 Å². The molecule has 0 aliphatic heterocycles. The van der Waals surface area contributed by atoms with E-state index in [1.165, 1.54) is 17.6 Å². The molecule has 1 N–H and O–H groups in total. The number of methoxy groups -OCH3 is 2. The average Bonchev–Trinajstić information content (AvgIpc) is 3.58. The predicted molar refractivity (Wildman–Crippen MR) is 134 cm³/mol. The molecule has 8 heteroatoms. The second-order valence-corrected chi connectivity index (χ2v) is 9.11. The third kappa shape index (κ3) is 5.93. The molecule has 1 atom stereocenters. The number of hydrogen-bond donors (Lipinski definition) is 1. The molecule has 8 nitrogen and oxygen atoms in total. The number of furan rings is 2. The summed E-state index contributed by atoms with van der Waals surface area (Å²) in [7, 11) is 3.17. The molecule has 2 heterocycles. The maximum atomic E-state index is 13.7. The summed E-state index contributed by atoms with van der Waals surface area (Å²) in [4.78, 5) is 28.9. The summed E-state index contributed by atoms with van der Waals surface area (Å²) < 4.78 is 22.1. The van der Waals surface area contributed by atoms with Gasteiger partial charge in [-0.2, -0.15) is 0 Å². The van der Waals surface area contributed by atoms with Crippen molar-refractivity contribution in [1.82, 2.24) is 10.2 Å². The van der Waals surface area contributed by atoms with Crippen LogP contribution in [0.4, 0.5) is 0 Å². The van der Waals surface area contributed by atoms with Gasteiger partial charge in [0.1, 0.15) is 11.5 Å². The SMILES string of the molecule is COc1ccc(CCN(C(=O)c2ccco2)[C@H](C(=O)NC2CCCCC2)c2ccc(C)o2)cc1OC. The van der Waals surface area contributed by atoms with Gasteiger partial charge >= 0.3 is 0 Å². The topological polar surface area (TPSA) is 94.2 Å². The second-order valence-electron chi connectivity index (χ2n) is 9.11. The van der Waals surface area contributed by atoms with Crippen LogP contribution in [0.1, 0.15) is 65.8 Å². The van der Waals surface area contributed by atoms with Crippen molar-refractivity contribution >= 4 is 11.8 Å². The minimum absolute atomic E-state index is 0.0937. The molecule has 4 rings (SSSR count). The van der Waals surface area contributed by atoms with Crippen LogP contribution in [-0.4, -0.2) is 43.5 Å². The first-order chi connectivity index (χ1) is 17.5. The van der Waals surface area contributed by atoms with Gasteiger partial charge < -0.3 is 28.5 Å².